The van der Waals surface area contributed by atoms with Gasteiger partial charge >= 0.3 is 6.03 Å². The molecule has 1 aliphatic heterocycles. The number of hydrogen-bond acceptors (Lipinski definition) is 3. The lowest BCUT2D eigenvalue weighted by Gasteiger charge is -2.27. The number of likely N-dealkylation sites (N-methyl/N-ethyl adjacent to an activating group) is 1. The van der Waals surface area contributed by atoms with Gasteiger partial charge in [0.05, 0.1) is 12.1 Å². The molecule has 1 aromatic carbocycles. The number of amides is 2. The molecule has 5 nitrogen and oxygen atoms in total. The zero-order chi connectivity index (χ0) is 17.0. The summed E-state index contributed by atoms with van der Waals surface area (Å²) in [7, 11) is 1.72. The Bertz CT molecular complexity index is 513. The first-order valence-corrected chi connectivity index (χ1v) is 8.26. The van der Waals surface area contributed by atoms with E-state index in [4.69, 9.17) is 0 Å². The van der Waals surface area contributed by atoms with Crippen LogP contribution < -0.4 is 5.32 Å². The first kappa shape index (κ1) is 17.8. The summed E-state index contributed by atoms with van der Waals surface area (Å²) in [4.78, 5) is 16.2. The molecule has 2 N–H and O–H groups in total. The molecule has 1 aliphatic rings. The van der Waals surface area contributed by atoms with Crippen molar-refractivity contribution >= 4 is 6.03 Å². The fourth-order valence-corrected chi connectivity index (χ4v) is 3.18. The standard InChI is InChI=1S/C18H29N3O2/c1-14-10-16(19-17(22)20(4)13-18(2,3)23)12-21(14)11-15-8-6-5-7-9-15/h5-9,14,16,23H,10-13H2,1-4H3,(H,19,22). The quantitative estimate of drug-likeness (QED) is 0.873. The third-order valence-corrected chi connectivity index (χ3v) is 4.23. The number of carbonyl (C=O) groups excluding carboxylic acids is 1. The minimum atomic E-state index is -0.881. The topological polar surface area (TPSA) is 55.8 Å². The summed E-state index contributed by atoms with van der Waals surface area (Å²) in [6, 6.07) is 10.9. The van der Waals surface area contributed by atoms with Gasteiger partial charge in [-0.25, -0.2) is 4.79 Å². The zero-order valence-corrected chi connectivity index (χ0v) is 14.6. The molecule has 2 unspecified atom stereocenters. The lowest BCUT2D eigenvalue weighted by atomic mass is 10.1. The summed E-state index contributed by atoms with van der Waals surface area (Å²) in [5.74, 6) is 0. The maximum atomic E-state index is 12.2. The number of carbonyl (C=O) groups is 1. The van der Waals surface area contributed by atoms with Crippen molar-refractivity contribution in [1.29, 1.82) is 0 Å². The number of benzene rings is 1. The van der Waals surface area contributed by atoms with Crippen molar-refractivity contribution in [2.75, 3.05) is 20.1 Å². The second-order valence-corrected chi connectivity index (χ2v) is 7.31. The van der Waals surface area contributed by atoms with Crippen LogP contribution in [0, 0.1) is 0 Å². The van der Waals surface area contributed by atoms with E-state index >= 15 is 0 Å². The Hall–Kier alpha value is -1.59. The van der Waals surface area contributed by atoms with E-state index in [1.807, 2.05) is 6.07 Å². The van der Waals surface area contributed by atoms with Gasteiger partial charge in [-0.3, -0.25) is 4.90 Å². The van der Waals surface area contributed by atoms with Gasteiger partial charge in [-0.05, 0) is 32.8 Å². The molecular weight excluding hydrogens is 290 g/mol. The van der Waals surface area contributed by atoms with Crippen molar-refractivity contribution in [2.24, 2.45) is 0 Å². The van der Waals surface area contributed by atoms with Crippen LogP contribution in [0.4, 0.5) is 4.79 Å². The van der Waals surface area contributed by atoms with E-state index in [9.17, 15) is 9.90 Å². The maximum Gasteiger partial charge on any atom is 0.317 e. The first-order valence-electron chi connectivity index (χ1n) is 8.26. The summed E-state index contributed by atoms with van der Waals surface area (Å²) < 4.78 is 0. The fraction of sp³-hybridized carbons (Fsp3) is 0.611. The highest BCUT2D eigenvalue weighted by atomic mass is 16.3. The van der Waals surface area contributed by atoms with Crippen molar-refractivity contribution in [3.63, 3.8) is 0 Å². The average Bonchev–Trinajstić information content (AvgIpc) is 2.78. The van der Waals surface area contributed by atoms with Gasteiger partial charge in [0.25, 0.3) is 0 Å². The molecule has 1 aromatic rings. The Morgan fingerprint density at radius 3 is 2.65 bits per heavy atom. The van der Waals surface area contributed by atoms with E-state index in [0.29, 0.717) is 12.6 Å². The van der Waals surface area contributed by atoms with Gasteiger partial charge in [-0.2, -0.15) is 0 Å². The highest BCUT2D eigenvalue weighted by Crippen LogP contribution is 2.20. The van der Waals surface area contributed by atoms with Gasteiger partial charge in [0.2, 0.25) is 0 Å². The number of hydrogen-bond donors (Lipinski definition) is 2. The molecule has 23 heavy (non-hydrogen) atoms. The van der Waals surface area contributed by atoms with Crippen LogP contribution in [0.1, 0.15) is 32.8 Å². The second kappa shape index (κ2) is 7.32. The van der Waals surface area contributed by atoms with Crippen LogP contribution in [0.5, 0.6) is 0 Å². The Morgan fingerprint density at radius 2 is 2.04 bits per heavy atom. The summed E-state index contributed by atoms with van der Waals surface area (Å²) in [6.07, 6.45) is 0.953. The number of rotatable bonds is 5. The van der Waals surface area contributed by atoms with Gasteiger partial charge in [0.1, 0.15) is 0 Å². The van der Waals surface area contributed by atoms with Crippen LogP contribution >= 0.6 is 0 Å². The smallest absolute Gasteiger partial charge is 0.317 e. The largest absolute Gasteiger partial charge is 0.389 e. The molecule has 1 saturated heterocycles. The van der Waals surface area contributed by atoms with E-state index in [1.165, 1.54) is 5.56 Å². The molecule has 0 radical (unpaired) electrons. The average molecular weight is 319 g/mol. The summed E-state index contributed by atoms with van der Waals surface area (Å²) in [6.45, 7) is 7.70. The minimum Gasteiger partial charge on any atom is -0.389 e. The van der Waals surface area contributed by atoms with E-state index in [0.717, 1.165) is 19.5 Å². The number of nitrogens with zero attached hydrogens (tertiary/aromatic N) is 2. The number of aliphatic hydroxyl groups is 1. The van der Waals surface area contributed by atoms with Gasteiger partial charge in [0.15, 0.2) is 0 Å². The molecule has 2 amide bonds. The molecule has 0 saturated carbocycles. The molecule has 5 heteroatoms. The predicted octanol–water partition coefficient (Wildman–Crippen LogP) is 2.06. The summed E-state index contributed by atoms with van der Waals surface area (Å²) in [5.41, 5.74) is 0.416. The predicted molar refractivity (Wildman–Crippen MR) is 92.2 cm³/mol. The molecule has 2 atom stereocenters. The summed E-state index contributed by atoms with van der Waals surface area (Å²) in [5, 5.41) is 12.9. The number of nitrogens with one attached hydrogen (secondary N) is 1. The molecule has 0 bridgehead atoms. The minimum absolute atomic E-state index is 0.120. The van der Waals surface area contributed by atoms with Crippen LogP contribution in [0.2, 0.25) is 0 Å². The Kier molecular flexibility index (Phi) is 5.65. The molecule has 0 spiro atoms. The van der Waals surface area contributed by atoms with Gasteiger partial charge in [0, 0.05) is 32.2 Å². The van der Waals surface area contributed by atoms with Crippen LogP contribution in [0.3, 0.4) is 0 Å². The third-order valence-electron chi connectivity index (χ3n) is 4.23. The number of urea groups is 1. The van der Waals surface area contributed by atoms with Gasteiger partial charge in [-0.15, -0.1) is 0 Å². The maximum absolute atomic E-state index is 12.2. The van der Waals surface area contributed by atoms with Crippen molar-refractivity contribution in [3.8, 4) is 0 Å². The normalized spacial score (nSPS) is 22.1. The van der Waals surface area contributed by atoms with Gasteiger partial charge < -0.3 is 15.3 Å². The Morgan fingerprint density at radius 1 is 1.39 bits per heavy atom. The lowest BCUT2D eigenvalue weighted by molar-refractivity contribution is 0.0528. The SMILES string of the molecule is CC1CC(NC(=O)N(C)CC(C)(C)O)CN1Cc1ccccc1. The van der Waals surface area contributed by atoms with Crippen LogP contribution in [0.15, 0.2) is 30.3 Å². The van der Waals surface area contributed by atoms with Crippen molar-refractivity contribution < 1.29 is 9.90 Å². The van der Waals surface area contributed by atoms with Crippen LogP contribution in [0.25, 0.3) is 0 Å². The Balaban J connectivity index is 1.85. The molecule has 1 heterocycles. The van der Waals surface area contributed by atoms with Crippen molar-refractivity contribution in [1.82, 2.24) is 15.1 Å². The van der Waals surface area contributed by atoms with Crippen LogP contribution in [-0.4, -0.2) is 58.8 Å². The first-order chi connectivity index (χ1) is 10.7. The monoisotopic (exact) mass is 319 g/mol. The molecule has 128 valence electrons. The zero-order valence-electron chi connectivity index (χ0n) is 14.6. The van der Waals surface area contributed by atoms with Gasteiger partial charge in [-0.1, -0.05) is 30.3 Å². The molecule has 0 aliphatic carbocycles. The fourth-order valence-electron chi connectivity index (χ4n) is 3.18. The third kappa shape index (κ3) is 5.52. The molecular formula is C18H29N3O2. The lowest BCUT2D eigenvalue weighted by Crippen LogP contribution is -2.48. The highest BCUT2D eigenvalue weighted by molar-refractivity contribution is 5.74. The molecule has 2 rings (SSSR count). The van der Waals surface area contributed by atoms with E-state index in [2.05, 4.69) is 41.4 Å². The van der Waals surface area contributed by atoms with E-state index in [-0.39, 0.29) is 12.1 Å². The van der Waals surface area contributed by atoms with Crippen molar-refractivity contribution in [3.05, 3.63) is 35.9 Å². The van der Waals surface area contributed by atoms with E-state index < -0.39 is 5.60 Å². The highest BCUT2D eigenvalue weighted by Gasteiger charge is 2.31. The Labute approximate surface area is 139 Å². The van der Waals surface area contributed by atoms with Crippen molar-refractivity contribution in [2.45, 2.75) is 51.4 Å². The van der Waals surface area contributed by atoms with Crippen LogP contribution in [-0.2, 0) is 6.54 Å². The second-order valence-electron chi connectivity index (χ2n) is 7.31. The number of likely N-dealkylation sites (tertiary alicyclic amines) is 1. The molecule has 0 aromatic heterocycles. The van der Waals surface area contributed by atoms with E-state index in [1.54, 1.807) is 25.8 Å². The summed E-state index contributed by atoms with van der Waals surface area (Å²) >= 11 is 0. The molecule has 1 fully saturated rings.